The molecule has 0 saturated heterocycles. The average Bonchev–Trinajstić information content (AvgIpc) is 3.72. The standard InChI is InChI=1S/C45H28N4S/c1-3-11-31(12-4-1)43-46-44(32-13-5-2-6-14-32)48-45(47-43)33-21-19-29(20-22-33)30-23-25-34(26-24-30)49-39-17-9-7-15-35(39)37-27-38-36-16-8-10-18-41(36)50-42(38)28-40(37)49/h1-28H. The normalized spacial score (nSPS) is 11.6. The van der Waals surface area contributed by atoms with E-state index in [4.69, 9.17) is 15.0 Å². The van der Waals surface area contributed by atoms with Gasteiger partial charge in [0, 0.05) is 53.3 Å². The van der Waals surface area contributed by atoms with Crippen molar-refractivity contribution in [2.45, 2.75) is 0 Å². The SMILES string of the molecule is c1ccc(-c2nc(-c3ccccc3)nc(-c3ccc(-c4ccc(-n5c6ccccc6c6cc7c(cc65)sc5ccccc57)cc4)cc3)n2)cc1. The third kappa shape index (κ3) is 4.79. The van der Waals surface area contributed by atoms with Crippen LogP contribution in [0.1, 0.15) is 0 Å². The lowest BCUT2D eigenvalue weighted by Gasteiger charge is -2.10. The molecule has 0 amide bonds. The van der Waals surface area contributed by atoms with E-state index in [-0.39, 0.29) is 0 Å². The van der Waals surface area contributed by atoms with Crippen molar-refractivity contribution in [2.24, 2.45) is 0 Å². The first-order valence-corrected chi connectivity index (χ1v) is 17.5. The Morgan fingerprint density at radius 2 is 0.840 bits per heavy atom. The average molecular weight is 657 g/mol. The minimum atomic E-state index is 0.652. The Hall–Kier alpha value is -6.43. The second kappa shape index (κ2) is 11.6. The summed E-state index contributed by atoms with van der Waals surface area (Å²) in [4.78, 5) is 14.6. The van der Waals surface area contributed by atoms with Crippen LogP contribution < -0.4 is 0 Å². The van der Waals surface area contributed by atoms with Gasteiger partial charge in [0.25, 0.3) is 0 Å². The van der Waals surface area contributed by atoms with E-state index in [1.54, 1.807) is 0 Å². The maximum atomic E-state index is 4.90. The summed E-state index contributed by atoms with van der Waals surface area (Å²) >= 11 is 1.86. The topological polar surface area (TPSA) is 43.6 Å². The molecule has 5 heteroatoms. The van der Waals surface area contributed by atoms with Gasteiger partial charge in [-0.2, -0.15) is 0 Å². The number of aromatic nitrogens is 4. The van der Waals surface area contributed by atoms with Crippen LogP contribution in [-0.2, 0) is 0 Å². The van der Waals surface area contributed by atoms with Crippen LogP contribution in [-0.4, -0.2) is 19.5 Å². The summed E-state index contributed by atoms with van der Waals surface area (Å²) < 4.78 is 5.03. The largest absolute Gasteiger partial charge is 0.309 e. The molecule has 4 nitrogen and oxygen atoms in total. The molecule has 7 aromatic carbocycles. The van der Waals surface area contributed by atoms with E-state index >= 15 is 0 Å². The number of fused-ring (bicyclic) bond motifs is 6. The van der Waals surface area contributed by atoms with Crippen LogP contribution in [0.25, 0.3) is 93.0 Å². The fraction of sp³-hybridized carbons (Fsp3) is 0. The molecule has 0 atom stereocenters. The number of hydrogen-bond acceptors (Lipinski definition) is 4. The second-order valence-corrected chi connectivity index (χ2v) is 13.6. The van der Waals surface area contributed by atoms with Crippen LogP contribution in [0.3, 0.4) is 0 Å². The molecule has 234 valence electrons. The van der Waals surface area contributed by atoms with Crippen LogP contribution >= 0.6 is 11.3 Å². The first-order valence-electron chi connectivity index (χ1n) is 16.7. The Kier molecular flexibility index (Phi) is 6.64. The van der Waals surface area contributed by atoms with Gasteiger partial charge in [-0.1, -0.05) is 133 Å². The predicted octanol–water partition coefficient (Wildman–Crippen LogP) is 12.0. The highest BCUT2D eigenvalue weighted by atomic mass is 32.1. The molecule has 0 fully saturated rings. The van der Waals surface area contributed by atoms with E-state index in [0.29, 0.717) is 17.5 Å². The number of para-hydroxylation sites is 1. The van der Waals surface area contributed by atoms with Crippen molar-refractivity contribution in [2.75, 3.05) is 0 Å². The lowest BCUT2D eigenvalue weighted by atomic mass is 10.0. The highest BCUT2D eigenvalue weighted by Crippen LogP contribution is 2.40. The molecule has 0 radical (unpaired) electrons. The molecule has 0 saturated carbocycles. The molecule has 0 spiro atoms. The van der Waals surface area contributed by atoms with Crippen molar-refractivity contribution >= 4 is 53.3 Å². The number of rotatable bonds is 5. The van der Waals surface area contributed by atoms with Gasteiger partial charge in [0.1, 0.15) is 0 Å². The monoisotopic (exact) mass is 656 g/mol. The van der Waals surface area contributed by atoms with E-state index in [0.717, 1.165) is 33.5 Å². The summed E-state index contributed by atoms with van der Waals surface area (Å²) in [6, 6.07) is 59.7. The van der Waals surface area contributed by atoms with Crippen molar-refractivity contribution in [3.8, 4) is 51.0 Å². The van der Waals surface area contributed by atoms with Gasteiger partial charge in [-0.3, -0.25) is 0 Å². The molecule has 50 heavy (non-hydrogen) atoms. The first kappa shape index (κ1) is 28.6. The second-order valence-electron chi connectivity index (χ2n) is 12.5. The molecule has 0 aliphatic carbocycles. The van der Waals surface area contributed by atoms with E-state index < -0.39 is 0 Å². The molecule has 3 aromatic heterocycles. The minimum Gasteiger partial charge on any atom is -0.309 e. The predicted molar refractivity (Wildman–Crippen MR) is 209 cm³/mol. The Bertz CT molecular complexity index is 2780. The molecule has 10 rings (SSSR count). The van der Waals surface area contributed by atoms with Crippen molar-refractivity contribution in [1.82, 2.24) is 19.5 Å². The zero-order valence-electron chi connectivity index (χ0n) is 26.9. The zero-order chi connectivity index (χ0) is 33.0. The van der Waals surface area contributed by atoms with Crippen LogP contribution in [0.5, 0.6) is 0 Å². The van der Waals surface area contributed by atoms with E-state index in [1.807, 2.05) is 72.0 Å². The molecule has 0 unspecified atom stereocenters. The highest BCUT2D eigenvalue weighted by Gasteiger charge is 2.16. The van der Waals surface area contributed by atoms with Crippen LogP contribution in [0.2, 0.25) is 0 Å². The number of hydrogen-bond donors (Lipinski definition) is 0. The first-order chi connectivity index (χ1) is 24.8. The van der Waals surface area contributed by atoms with Crippen LogP contribution in [0, 0.1) is 0 Å². The van der Waals surface area contributed by atoms with Crippen molar-refractivity contribution in [3.05, 3.63) is 170 Å². The van der Waals surface area contributed by atoms with E-state index in [2.05, 4.69) is 114 Å². The molecule has 3 heterocycles. The van der Waals surface area contributed by atoms with Crippen LogP contribution in [0.4, 0.5) is 0 Å². The summed E-state index contributed by atoms with van der Waals surface area (Å²) in [7, 11) is 0. The molecule has 0 bridgehead atoms. The Balaban J connectivity index is 1.02. The Morgan fingerprint density at radius 3 is 1.48 bits per heavy atom. The molecule has 0 N–H and O–H groups in total. The molecule has 10 aromatic rings. The molecular formula is C45H28N4S. The van der Waals surface area contributed by atoms with Gasteiger partial charge < -0.3 is 4.57 Å². The van der Waals surface area contributed by atoms with Gasteiger partial charge in [0.05, 0.1) is 11.0 Å². The van der Waals surface area contributed by atoms with Crippen molar-refractivity contribution < 1.29 is 0 Å². The highest BCUT2D eigenvalue weighted by molar-refractivity contribution is 7.25. The quantitative estimate of drug-likeness (QED) is 0.185. The van der Waals surface area contributed by atoms with E-state index in [1.165, 1.54) is 42.0 Å². The zero-order valence-corrected chi connectivity index (χ0v) is 27.7. The summed E-state index contributed by atoms with van der Waals surface area (Å²) in [5.74, 6) is 1.97. The van der Waals surface area contributed by atoms with Gasteiger partial charge >= 0.3 is 0 Å². The minimum absolute atomic E-state index is 0.652. The molecule has 0 aliphatic heterocycles. The van der Waals surface area contributed by atoms with Gasteiger partial charge in [0.2, 0.25) is 0 Å². The fourth-order valence-corrected chi connectivity index (χ4v) is 8.14. The summed E-state index contributed by atoms with van der Waals surface area (Å²) in [6.45, 7) is 0. The Labute approximate surface area is 292 Å². The van der Waals surface area contributed by atoms with Gasteiger partial charge in [0.15, 0.2) is 17.5 Å². The maximum Gasteiger partial charge on any atom is 0.164 e. The smallest absolute Gasteiger partial charge is 0.164 e. The number of thiophene rings is 1. The number of nitrogens with zero attached hydrogens (tertiary/aromatic N) is 4. The maximum absolute atomic E-state index is 4.90. The van der Waals surface area contributed by atoms with Crippen molar-refractivity contribution in [3.63, 3.8) is 0 Å². The third-order valence-corrected chi connectivity index (χ3v) is 10.6. The summed E-state index contributed by atoms with van der Waals surface area (Å²) in [5.41, 5.74) is 8.73. The molecule has 0 aliphatic rings. The van der Waals surface area contributed by atoms with Gasteiger partial charge in [-0.25, -0.2) is 15.0 Å². The molecular weight excluding hydrogens is 629 g/mol. The van der Waals surface area contributed by atoms with Gasteiger partial charge in [-0.05, 0) is 47.5 Å². The number of benzene rings is 7. The van der Waals surface area contributed by atoms with Crippen molar-refractivity contribution in [1.29, 1.82) is 0 Å². The third-order valence-electron chi connectivity index (χ3n) is 9.47. The van der Waals surface area contributed by atoms with E-state index in [9.17, 15) is 0 Å². The van der Waals surface area contributed by atoms with Crippen LogP contribution in [0.15, 0.2) is 170 Å². The lowest BCUT2D eigenvalue weighted by molar-refractivity contribution is 1.07. The Morgan fingerprint density at radius 1 is 0.340 bits per heavy atom. The summed E-state index contributed by atoms with van der Waals surface area (Å²) in [6.07, 6.45) is 0. The summed E-state index contributed by atoms with van der Waals surface area (Å²) in [5, 5.41) is 5.19. The lowest BCUT2D eigenvalue weighted by Crippen LogP contribution is -2.00. The fourth-order valence-electron chi connectivity index (χ4n) is 7.02. The van der Waals surface area contributed by atoms with Gasteiger partial charge in [-0.15, -0.1) is 11.3 Å².